The van der Waals surface area contributed by atoms with E-state index in [4.69, 9.17) is 18.9 Å². The summed E-state index contributed by atoms with van der Waals surface area (Å²) in [4.78, 5) is 0. The molecule has 0 spiro atoms. The van der Waals surface area contributed by atoms with Crippen LogP contribution in [0.5, 0.6) is 23.0 Å². The summed E-state index contributed by atoms with van der Waals surface area (Å²) in [6.07, 6.45) is 4.03. The fraction of sp³-hybridized carbons (Fsp3) is 0.176. The molecule has 4 heteroatoms. The first kappa shape index (κ1) is 13.4. The topological polar surface area (TPSA) is 36.9 Å². The van der Waals surface area contributed by atoms with E-state index in [-0.39, 0.29) is 6.79 Å². The van der Waals surface area contributed by atoms with Crippen molar-refractivity contribution in [1.29, 1.82) is 0 Å². The summed E-state index contributed by atoms with van der Waals surface area (Å²) >= 11 is 0. The molecular weight excluding hydrogens is 268 g/mol. The smallest absolute Gasteiger partial charge is 0.231 e. The largest absolute Gasteiger partial charge is 0.493 e. The molecule has 0 aliphatic carbocycles. The van der Waals surface area contributed by atoms with Gasteiger partial charge in [-0.1, -0.05) is 24.3 Å². The van der Waals surface area contributed by atoms with Crippen LogP contribution >= 0.6 is 0 Å². The first-order chi connectivity index (χ1) is 10.3. The molecule has 1 heterocycles. The molecule has 0 saturated carbocycles. The monoisotopic (exact) mass is 284 g/mol. The predicted molar refractivity (Wildman–Crippen MR) is 81.0 cm³/mol. The van der Waals surface area contributed by atoms with E-state index in [1.54, 1.807) is 14.2 Å². The molecule has 3 rings (SSSR count). The second kappa shape index (κ2) is 5.79. The van der Waals surface area contributed by atoms with Gasteiger partial charge in [-0.3, -0.25) is 0 Å². The Morgan fingerprint density at radius 3 is 2.24 bits per heavy atom. The van der Waals surface area contributed by atoms with Crippen LogP contribution in [-0.2, 0) is 0 Å². The van der Waals surface area contributed by atoms with E-state index < -0.39 is 0 Å². The zero-order valence-electron chi connectivity index (χ0n) is 12.0. The van der Waals surface area contributed by atoms with Crippen molar-refractivity contribution < 1.29 is 18.9 Å². The molecule has 108 valence electrons. The van der Waals surface area contributed by atoms with Crippen LogP contribution in [0.1, 0.15) is 11.1 Å². The summed E-state index contributed by atoms with van der Waals surface area (Å²) < 4.78 is 21.2. The Morgan fingerprint density at radius 2 is 1.48 bits per heavy atom. The van der Waals surface area contributed by atoms with Crippen molar-refractivity contribution >= 4 is 12.2 Å². The summed E-state index contributed by atoms with van der Waals surface area (Å²) in [5.74, 6) is 3.01. The second-order valence-corrected chi connectivity index (χ2v) is 4.56. The number of benzene rings is 2. The van der Waals surface area contributed by atoms with E-state index in [2.05, 4.69) is 0 Å². The lowest BCUT2D eigenvalue weighted by molar-refractivity contribution is 0.174. The van der Waals surface area contributed by atoms with Crippen molar-refractivity contribution in [2.75, 3.05) is 21.0 Å². The summed E-state index contributed by atoms with van der Waals surface area (Å²) in [5.41, 5.74) is 2.08. The van der Waals surface area contributed by atoms with Gasteiger partial charge >= 0.3 is 0 Å². The highest BCUT2D eigenvalue weighted by molar-refractivity contribution is 5.72. The van der Waals surface area contributed by atoms with Gasteiger partial charge in [-0.2, -0.15) is 0 Å². The standard InChI is InChI=1S/C17H16O4/c1-18-14-7-5-12(9-16(14)19-2)3-4-13-6-8-15-17(10-13)21-11-20-15/h3-10H,11H2,1-2H3/b4-3+. The van der Waals surface area contributed by atoms with Crippen LogP contribution in [-0.4, -0.2) is 21.0 Å². The Labute approximate surface area is 123 Å². The molecule has 21 heavy (non-hydrogen) atoms. The quantitative estimate of drug-likeness (QED) is 0.804. The molecule has 1 aliphatic rings. The lowest BCUT2D eigenvalue weighted by atomic mass is 10.1. The van der Waals surface area contributed by atoms with Crippen molar-refractivity contribution in [2.45, 2.75) is 0 Å². The van der Waals surface area contributed by atoms with Gasteiger partial charge in [-0.25, -0.2) is 0 Å². The van der Waals surface area contributed by atoms with Crippen LogP contribution in [0.3, 0.4) is 0 Å². The maximum Gasteiger partial charge on any atom is 0.231 e. The van der Waals surface area contributed by atoms with Crippen LogP contribution in [0.4, 0.5) is 0 Å². The Morgan fingerprint density at radius 1 is 0.810 bits per heavy atom. The van der Waals surface area contributed by atoms with Crippen LogP contribution in [0.2, 0.25) is 0 Å². The molecular formula is C17H16O4. The summed E-state index contributed by atoms with van der Waals surface area (Å²) in [7, 11) is 3.25. The minimum absolute atomic E-state index is 0.290. The minimum atomic E-state index is 0.290. The zero-order chi connectivity index (χ0) is 14.7. The van der Waals surface area contributed by atoms with Gasteiger partial charge in [-0.05, 0) is 35.4 Å². The molecule has 1 aliphatic heterocycles. The highest BCUT2D eigenvalue weighted by Gasteiger charge is 2.12. The fourth-order valence-electron chi connectivity index (χ4n) is 2.17. The van der Waals surface area contributed by atoms with Crippen LogP contribution in [0, 0.1) is 0 Å². The van der Waals surface area contributed by atoms with E-state index in [1.165, 1.54) is 0 Å². The van der Waals surface area contributed by atoms with Crippen molar-refractivity contribution in [3.05, 3.63) is 47.5 Å². The predicted octanol–water partition coefficient (Wildman–Crippen LogP) is 3.60. The van der Waals surface area contributed by atoms with Crippen molar-refractivity contribution in [3.8, 4) is 23.0 Å². The molecule has 0 saturated heterocycles. The van der Waals surface area contributed by atoms with Gasteiger partial charge in [0, 0.05) is 0 Å². The molecule has 0 bridgehead atoms. The Hall–Kier alpha value is -2.62. The van der Waals surface area contributed by atoms with Gasteiger partial charge in [0.25, 0.3) is 0 Å². The molecule has 0 atom stereocenters. The Balaban J connectivity index is 1.82. The molecule has 4 nitrogen and oxygen atoms in total. The highest BCUT2D eigenvalue weighted by Crippen LogP contribution is 2.33. The highest BCUT2D eigenvalue weighted by atomic mass is 16.7. The number of rotatable bonds is 4. The minimum Gasteiger partial charge on any atom is -0.493 e. The van der Waals surface area contributed by atoms with Gasteiger partial charge in [0.1, 0.15) is 0 Å². The van der Waals surface area contributed by atoms with Crippen molar-refractivity contribution in [2.24, 2.45) is 0 Å². The number of fused-ring (bicyclic) bond motifs is 1. The van der Waals surface area contributed by atoms with E-state index in [9.17, 15) is 0 Å². The maximum atomic E-state index is 5.37. The molecule has 2 aromatic carbocycles. The molecule has 0 N–H and O–H groups in total. The third-order valence-corrected chi connectivity index (χ3v) is 3.27. The van der Waals surface area contributed by atoms with Gasteiger partial charge in [0.15, 0.2) is 23.0 Å². The Kier molecular flexibility index (Phi) is 3.69. The first-order valence-corrected chi connectivity index (χ1v) is 6.60. The summed E-state index contributed by atoms with van der Waals surface area (Å²) in [6.45, 7) is 0.290. The molecule has 0 radical (unpaired) electrons. The van der Waals surface area contributed by atoms with Gasteiger partial charge in [0.2, 0.25) is 6.79 Å². The fourth-order valence-corrected chi connectivity index (χ4v) is 2.17. The molecule has 0 fully saturated rings. The normalized spacial score (nSPS) is 12.7. The van der Waals surface area contributed by atoms with Gasteiger partial charge < -0.3 is 18.9 Å². The van der Waals surface area contributed by atoms with Gasteiger partial charge in [0.05, 0.1) is 14.2 Å². The molecule has 0 aromatic heterocycles. The van der Waals surface area contributed by atoms with E-state index in [0.29, 0.717) is 5.75 Å². The van der Waals surface area contributed by atoms with Crippen LogP contribution < -0.4 is 18.9 Å². The van der Waals surface area contributed by atoms with E-state index >= 15 is 0 Å². The molecule has 2 aromatic rings. The number of hydrogen-bond donors (Lipinski definition) is 0. The van der Waals surface area contributed by atoms with E-state index in [0.717, 1.165) is 28.4 Å². The van der Waals surface area contributed by atoms with Crippen LogP contribution in [0.25, 0.3) is 12.2 Å². The average molecular weight is 284 g/mol. The molecule has 0 amide bonds. The SMILES string of the molecule is COc1ccc(/C=C/c2ccc3c(c2)OCO3)cc1OC. The lowest BCUT2D eigenvalue weighted by Crippen LogP contribution is -1.92. The van der Waals surface area contributed by atoms with Crippen molar-refractivity contribution in [3.63, 3.8) is 0 Å². The van der Waals surface area contributed by atoms with Crippen molar-refractivity contribution in [1.82, 2.24) is 0 Å². The number of hydrogen-bond acceptors (Lipinski definition) is 4. The van der Waals surface area contributed by atoms with Gasteiger partial charge in [-0.15, -0.1) is 0 Å². The third kappa shape index (κ3) is 2.79. The van der Waals surface area contributed by atoms with Crippen LogP contribution in [0.15, 0.2) is 36.4 Å². The maximum absolute atomic E-state index is 5.37. The number of methoxy groups -OCH3 is 2. The van der Waals surface area contributed by atoms with E-state index in [1.807, 2.05) is 48.6 Å². The number of ether oxygens (including phenoxy) is 4. The first-order valence-electron chi connectivity index (χ1n) is 6.60. The Bertz CT molecular complexity index is 676. The average Bonchev–Trinajstić information content (AvgIpc) is 3.00. The zero-order valence-corrected chi connectivity index (χ0v) is 12.0. The lowest BCUT2D eigenvalue weighted by Gasteiger charge is -2.07. The second-order valence-electron chi connectivity index (χ2n) is 4.56. The summed E-state index contributed by atoms with van der Waals surface area (Å²) in [6, 6.07) is 11.7. The summed E-state index contributed by atoms with van der Waals surface area (Å²) in [5, 5.41) is 0. The molecule has 0 unspecified atom stereocenters. The third-order valence-electron chi connectivity index (χ3n) is 3.27.